The zero-order valence-corrected chi connectivity index (χ0v) is 21.0. The summed E-state index contributed by atoms with van der Waals surface area (Å²) in [4.78, 5) is 2.27. The van der Waals surface area contributed by atoms with Gasteiger partial charge >= 0.3 is 0 Å². The summed E-state index contributed by atoms with van der Waals surface area (Å²) >= 11 is 0. The van der Waals surface area contributed by atoms with Crippen molar-refractivity contribution >= 4 is 0 Å². The number of aryl methyl sites for hydroxylation is 1. The summed E-state index contributed by atoms with van der Waals surface area (Å²) in [5.41, 5.74) is 3.01. The van der Waals surface area contributed by atoms with Gasteiger partial charge in [0.1, 0.15) is 5.75 Å². The molecule has 1 N–H and O–H groups in total. The molecule has 0 spiro atoms. The van der Waals surface area contributed by atoms with Crippen molar-refractivity contribution in [1.29, 1.82) is 0 Å². The maximum atomic E-state index is 10.6. The van der Waals surface area contributed by atoms with Crippen molar-refractivity contribution < 1.29 is 14.6 Å². The number of para-hydroxylation sites is 2. The molecule has 0 unspecified atom stereocenters. The highest BCUT2D eigenvalue weighted by Gasteiger charge is 2.23. The van der Waals surface area contributed by atoms with Crippen LogP contribution in [-0.2, 0) is 17.7 Å². The molecule has 0 amide bonds. The molecule has 0 bridgehead atoms. The van der Waals surface area contributed by atoms with Crippen LogP contribution in [0, 0.1) is 5.92 Å². The molecule has 3 aromatic rings. The van der Waals surface area contributed by atoms with Crippen LogP contribution in [0.3, 0.4) is 0 Å². The summed E-state index contributed by atoms with van der Waals surface area (Å²) in [7, 11) is 0. The molecule has 2 aromatic carbocycles. The second kappa shape index (κ2) is 13.3. The van der Waals surface area contributed by atoms with E-state index in [0.717, 1.165) is 48.0 Å². The monoisotopic (exact) mass is 465 g/mol. The third-order valence-electron chi connectivity index (χ3n) is 5.46. The molecule has 0 fully saturated rings. The Morgan fingerprint density at radius 1 is 0.971 bits per heavy atom. The lowest BCUT2D eigenvalue weighted by Gasteiger charge is -2.25. The Kier molecular flexibility index (Phi) is 10.1. The van der Waals surface area contributed by atoms with E-state index in [0.29, 0.717) is 32.2 Å². The quantitative estimate of drug-likeness (QED) is 0.342. The Morgan fingerprint density at radius 2 is 1.65 bits per heavy atom. The number of rotatable bonds is 14. The van der Waals surface area contributed by atoms with Gasteiger partial charge in [0.2, 0.25) is 5.88 Å². The first-order valence-electron chi connectivity index (χ1n) is 12.4. The highest BCUT2D eigenvalue weighted by molar-refractivity contribution is 5.43. The first-order valence-corrected chi connectivity index (χ1v) is 12.4. The van der Waals surface area contributed by atoms with Gasteiger partial charge in [-0.25, -0.2) is 4.68 Å². The molecular weight excluding hydrogens is 426 g/mol. The number of aliphatic hydroxyl groups is 1. The molecule has 6 heteroatoms. The predicted molar refractivity (Wildman–Crippen MR) is 137 cm³/mol. The van der Waals surface area contributed by atoms with Crippen molar-refractivity contribution in [2.75, 3.05) is 26.3 Å². The third-order valence-corrected chi connectivity index (χ3v) is 5.46. The molecule has 3 rings (SSSR count). The molecule has 6 nitrogen and oxygen atoms in total. The van der Waals surface area contributed by atoms with Gasteiger partial charge in [0, 0.05) is 19.7 Å². The van der Waals surface area contributed by atoms with E-state index in [1.54, 1.807) is 0 Å². The molecule has 0 saturated heterocycles. The summed E-state index contributed by atoms with van der Waals surface area (Å²) < 4.78 is 14.0. The normalized spacial score (nSPS) is 12.4. The van der Waals surface area contributed by atoms with E-state index in [1.807, 2.05) is 65.3 Å². The summed E-state index contributed by atoms with van der Waals surface area (Å²) in [6.45, 7) is 11.5. The minimum atomic E-state index is -0.543. The molecular formula is C28H39N3O3. The molecule has 34 heavy (non-hydrogen) atoms. The molecule has 0 saturated carbocycles. The van der Waals surface area contributed by atoms with Crippen LogP contribution >= 0.6 is 0 Å². The van der Waals surface area contributed by atoms with E-state index in [4.69, 9.17) is 14.6 Å². The molecule has 0 radical (unpaired) electrons. The van der Waals surface area contributed by atoms with E-state index < -0.39 is 6.10 Å². The van der Waals surface area contributed by atoms with Crippen molar-refractivity contribution in [3.05, 3.63) is 71.9 Å². The Balaban J connectivity index is 1.90. The highest BCUT2D eigenvalue weighted by Crippen LogP contribution is 2.32. The fourth-order valence-electron chi connectivity index (χ4n) is 3.94. The predicted octanol–water partition coefficient (Wildman–Crippen LogP) is 5.47. The van der Waals surface area contributed by atoms with Crippen molar-refractivity contribution in [2.45, 2.75) is 53.2 Å². The van der Waals surface area contributed by atoms with Gasteiger partial charge in [0.05, 0.1) is 29.7 Å². The molecule has 0 aliphatic carbocycles. The van der Waals surface area contributed by atoms with Gasteiger partial charge in [-0.2, -0.15) is 5.10 Å². The van der Waals surface area contributed by atoms with E-state index in [9.17, 15) is 5.11 Å². The molecule has 1 atom stereocenters. The van der Waals surface area contributed by atoms with Gasteiger partial charge in [-0.15, -0.1) is 0 Å². The van der Waals surface area contributed by atoms with Crippen molar-refractivity contribution in [3.8, 4) is 17.3 Å². The Labute approximate surface area is 204 Å². The Bertz CT molecular complexity index is 973. The lowest BCUT2D eigenvalue weighted by Crippen LogP contribution is -2.35. The van der Waals surface area contributed by atoms with Crippen molar-refractivity contribution in [3.63, 3.8) is 0 Å². The van der Waals surface area contributed by atoms with Crippen LogP contribution < -0.4 is 4.74 Å². The second-order valence-corrected chi connectivity index (χ2v) is 9.07. The smallest absolute Gasteiger partial charge is 0.227 e. The SMILES string of the molecule is CCCN(Cc1c(CC)nn(-c2ccccc2)c1Oc1ccccc1)C[C@@H](O)COCC(C)C. The summed E-state index contributed by atoms with van der Waals surface area (Å²) in [5, 5.41) is 15.6. The van der Waals surface area contributed by atoms with Crippen molar-refractivity contribution in [1.82, 2.24) is 14.7 Å². The minimum Gasteiger partial charge on any atom is -0.439 e. The summed E-state index contributed by atoms with van der Waals surface area (Å²) in [6.07, 6.45) is 1.24. The Morgan fingerprint density at radius 3 is 2.26 bits per heavy atom. The van der Waals surface area contributed by atoms with Gasteiger partial charge in [-0.3, -0.25) is 4.90 Å². The summed E-state index contributed by atoms with van der Waals surface area (Å²) in [5.74, 6) is 1.95. The van der Waals surface area contributed by atoms with Gasteiger partial charge in [0.25, 0.3) is 0 Å². The first-order chi connectivity index (χ1) is 16.5. The Hall–Kier alpha value is -2.67. The van der Waals surface area contributed by atoms with E-state index in [2.05, 4.69) is 32.6 Å². The molecule has 1 heterocycles. The fraction of sp³-hybridized carbons (Fsp3) is 0.464. The maximum Gasteiger partial charge on any atom is 0.227 e. The van der Waals surface area contributed by atoms with Crippen LogP contribution in [0.2, 0.25) is 0 Å². The lowest BCUT2D eigenvalue weighted by atomic mass is 10.1. The highest BCUT2D eigenvalue weighted by atomic mass is 16.5. The number of benzene rings is 2. The van der Waals surface area contributed by atoms with Crippen molar-refractivity contribution in [2.24, 2.45) is 5.92 Å². The van der Waals surface area contributed by atoms with Crippen LogP contribution in [0.15, 0.2) is 60.7 Å². The van der Waals surface area contributed by atoms with Gasteiger partial charge in [0.15, 0.2) is 0 Å². The second-order valence-electron chi connectivity index (χ2n) is 9.07. The average Bonchev–Trinajstić information content (AvgIpc) is 3.17. The number of aromatic nitrogens is 2. The third kappa shape index (κ3) is 7.42. The number of nitrogens with zero attached hydrogens (tertiary/aromatic N) is 3. The number of hydrogen-bond donors (Lipinski definition) is 1. The first kappa shape index (κ1) is 25.9. The molecule has 0 aliphatic heterocycles. The van der Waals surface area contributed by atoms with Crippen LogP contribution in [0.5, 0.6) is 11.6 Å². The largest absolute Gasteiger partial charge is 0.439 e. The number of aliphatic hydroxyl groups excluding tert-OH is 1. The van der Waals surface area contributed by atoms with Gasteiger partial charge < -0.3 is 14.6 Å². The average molecular weight is 466 g/mol. The van der Waals surface area contributed by atoms with Gasteiger partial charge in [-0.05, 0) is 49.6 Å². The van der Waals surface area contributed by atoms with Crippen LogP contribution in [-0.4, -0.2) is 52.2 Å². The van der Waals surface area contributed by atoms with Gasteiger partial charge in [-0.1, -0.05) is 64.1 Å². The lowest BCUT2D eigenvalue weighted by molar-refractivity contribution is 0.00680. The van der Waals surface area contributed by atoms with E-state index in [-0.39, 0.29) is 0 Å². The molecule has 1 aromatic heterocycles. The summed E-state index contributed by atoms with van der Waals surface area (Å²) in [6, 6.07) is 19.9. The van der Waals surface area contributed by atoms with E-state index >= 15 is 0 Å². The topological polar surface area (TPSA) is 59.8 Å². The zero-order chi connectivity index (χ0) is 24.3. The number of ether oxygens (including phenoxy) is 2. The number of hydrogen-bond acceptors (Lipinski definition) is 5. The van der Waals surface area contributed by atoms with Crippen LogP contribution in [0.25, 0.3) is 5.69 Å². The molecule has 0 aliphatic rings. The standard InChI is InChI=1S/C28H39N3O3/c1-5-17-30(18-24(32)21-33-20-22(3)4)19-26-27(6-2)29-31(23-13-9-7-10-14-23)28(26)34-25-15-11-8-12-16-25/h7-16,22,24,32H,5-6,17-21H2,1-4H3/t24-/m1/s1. The fourth-order valence-corrected chi connectivity index (χ4v) is 3.94. The maximum absolute atomic E-state index is 10.6. The van der Waals surface area contributed by atoms with Crippen LogP contribution in [0.4, 0.5) is 0 Å². The van der Waals surface area contributed by atoms with Crippen LogP contribution in [0.1, 0.15) is 45.4 Å². The minimum absolute atomic E-state index is 0.343. The zero-order valence-electron chi connectivity index (χ0n) is 21.0. The molecule has 184 valence electrons. The van der Waals surface area contributed by atoms with E-state index in [1.165, 1.54) is 0 Å².